The topological polar surface area (TPSA) is 82.1 Å². The zero-order valence-electron chi connectivity index (χ0n) is 12.6. The zero-order valence-corrected chi connectivity index (χ0v) is 12.6. The second-order valence-electron chi connectivity index (χ2n) is 5.21. The van der Waals surface area contributed by atoms with Crippen LogP contribution in [0.4, 0.5) is 4.79 Å². The van der Waals surface area contributed by atoms with Crippen LogP contribution in [0.2, 0.25) is 0 Å². The minimum absolute atomic E-state index is 0.222. The lowest BCUT2D eigenvalue weighted by atomic mass is 10.1. The standard InChI is InChI=1S/C14H21NO6/c1-9(2)7-8-19-14(18)20-11(4)13(17)21-15-10(3)5-6-12(15)16/h9,11H,3,5-8H2,1-2,4H3. The molecular formula is C14H21NO6. The highest BCUT2D eigenvalue weighted by atomic mass is 16.8. The van der Waals surface area contributed by atoms with Crippen LogP contribution in [0.15, 0.2) is 12.3 Å². The van der Waals surface area contributed by atoms with Crippen molar-refractivity contribution < 1.29 is 28.7 Å². The average molecular weight is 299 g/mol. The summed E-state index contributed by atoms with van der Waals surface area (Å²) in [6, 6.07) is 0. The van der Waals surface area contributed by atoms with Crippen LogP contribution >= 0.6 is 0 Å². The van der Waals surface area contributed by atoms with Gasteiger partial charge in [-0.3, -0.25) is 4.79 Å². The van der Waals surface area contributed by atoms with Crippen molar-refractivity contribution >= 4 is 18.0 Å². The number of ether oxygens (including phenoxy) is 2. The van der Waals surface area contributed by atoms with E-state index in [1.165, 1.54) is 6.92 Å². The molecule has 118 valence electrons. The van der Waals surface area contributed by atoms with Gasteiger partial charge in [0.05, 0.1) is 12.3 Å². The van der Waals surface area contributed by atoms with Crippen LogP contribution in [0.25, 0.3) is 0 Å². The summed E-state index contributed by atoms with van der Waals surface area (Å²) in [5, 5.41) is 0.840. The maximum atomic E-state index is 11.7. The number of hydrogen-bond donors (Lipinski definition) is 0. The number of carbonyl (C=O) groups is 3. The van der Waals surface area contributed by atoms with E-state index in [0.29, 0.717) is 24.5 Å². The number of amides is 1. The van der Waals surface area contributed by atoms with Crippen LogP contribution in [-0.2, 0) is 23.9 Å². The molecule has 7 heteroatoms. The first-order valence-corrected chi connectivity index (χ1v) is 6.87. The molecule has 1 saturated heterocycles. The van der Waals surface area contributed by atoms with E-state index in [1.54, 1.807) is 0 Å². The largest absolute Gasteiger partial charge is 0.509 e. The Balaban J connectivity index is 2.35. The number of carbonyl (C=O) groups excluding carboxylic acids is 3. The molecule has 0 aromatic carbocycles. The highest BCUT2D eigenvalue weighted by Gasteiger charge is 2.31. The van der Waals surface area contributed by atoms with Gasteiger partial charge in [0.2, 0.25) is 6.10 Å². The number of hydroxylamine groups is 2. The first-order chi connectivity index (χ1) is 9.81. The molecule has 0 radical (unpaired) electrons. The Morgan fingerprint density at radius 2 is 1.95 bits per heavy atom. The quantitative estimate of drug-likeness (QED) is 0.699. The van der Waals surface area contributed by atoms with Gasteiger partial charge in [0.1, 0.15) is 0 Å². The lowest BCUT2D eigenvalue weighted by Crippen LogP contribution is -2.34. The number of nitrogens with zero attached hydrogens (tertiary/aromatic N) is 1. The molecule has 0 saturated carbocycles. The van der Waals surface area contributed by atoms with Crippen LogP contribution in [0.1, 0.15) is 40.0 Å². The van der Waals surface area contributed by atoms with Crippen molar-refractivity contribution in [3.8, 4) is 0 Å². The van der Waals surface area contributed by atoms with Crippen molar-refractivity contribution in [1.29, 1.82) is 0 Å². The molecule has 0 bridgehead atoms. The van der Waals surface area contributed by atoms with Crippen molar-refractivity contribution in [2.24, 2.45) is 5.92 Å². The summed E-state index contributed by atoms with van der Waals surface area (Å²) >= 11 is 0. The second kappa shape index (κ2) is 7.66. The van der Waals surface area contributed by atoms with Gasteiger partial charge >= 0.3 is 12.1 Å². The first-order valence-electron chi connectivity index (χ1n) is 6.87. The fourth-order valence-corrected chi connectivity index (χ4v) is 1.51. The molecule has 0 aromatic heterocycles. The summed E-state index contributed by atoms with van der Waals surface area (Å²) in [5.41, 5.74) is 0.403. The average Bonchev–Trinajstić information content (AvgIpc) is 2.69. The van der Waals surface area contributed by atoms with Gasteiger partial charge in [-0.15, -0.1) is 5.06 Å². The predicted octanol–water partition coefficient (Wildman–Crippen LogP) is 2.17. The van der Waals surface area contributed by atoms with E-state index in [1.807, 2.05) is 13.8 Å². The normalized spacial score (nSPS) is 16.1. The molecule has 1 aliphatic heterocycles. The van der Waals surface area contributed by atoms with E-state index >= 15 is 0 Å². The maximum absolute atomic E-state index is 11.7. The maximum Gasteiger partial charge on any atom is 0.509 e. The lowest BCUT2D eigenvalue weighted by molar-refractivity contribution is -0.194. The zero-order chi connectivity index (χ0) is 16.0. The smallest absolute Gasteiger partial charge is 0.434 e. The SMILES string of the molecule is C=C1CCC(=O)N1OC(=O)C(C)OC(=O)OCCC(C)C. The summed E-state index contributed by atoms with van der Waals surface area (Å²) in [7, 11) is 0. The molecule has 1 rings (SSSR count). The molecule has 0 spiro atoms. The molecule has 1 heterocycles. The number of allylic oxidation sites excluding steroid dienone is 1. The third kappa shape index (κ3) is 5.45. The predicted molar refractivity (Wildman–Crippen MR) is 72.7 cm³/mol. The van der Waals surface area contributed by atoms with Gasteiger partial charge in [0.15, 0.2) is 0 Å². The fraction of sp³-hybridized carbons (Fsp3) is 0.643. The van der Waals surface area contributed by atoms with Crippen molar-refractivity contribution in [1.82, 2.24) is 5.06 Å². The molecule has 1 aliphatic rings. The molecule has 0 aromatic rings. The summed E-state index contributed by atoms with van der Waals surface area (Å²) in [5.74, 6) is -0.806. The van der Waals surface area contributed by atoms with E-state index in [0.717, 1.165) is 5.06 Å². The number of rotatable bonds is 6. The van der Waals surface area contributed by atoms with Gasteiger partial charge in [-0.1, -0.05) is 20.4 Å². The second-order valence-corrected chi connectivity index (χ2v) is 5.21. The van der Waals surface area contributed by atoms with Gasteiger partial charge < -0.3 is 14.3 Å². The summed E-state index contributed by atoms with van der Waals surface area (Å²) in [6.07, 6.45) is -0.711. The molecule has 1 amide bonds. The van der Waals surface area contributed by atoms with E-state index in [-0.39, 0.29) is 18.9 Å². The molecule has 1 fully saturated rings. The summed E-state index contributed by atoms with van der Waals surface area (Å²) < 4.78 is 9.59. The highest BCUT2D eigenvalue weighted by Crippen LogP contribution is 2.21. The van der Waals surface area contributed by atoms with Crippen LogP contribution < -0.4 is 0 Å². The lowest BCUT2D eigenvalue weighted by Gasteiger charge is -2.18. The highest BCUT2D eigenvalue weighted by molar-refractivity contribution is 5.83. The fourth-order valence-electron chi connectivity index (χ4n) is 1.51. The Morgan fingerprint density at radius 1 is 1.29 bits per heavy atom. The van der Waals surface area contributed by atoms with Crippen LogP contribution in [0, 0.1) is 5.92 Å². The van der Waals surface area contributed by atoms with Crippen molar-refractivity contribution in [3.63, 3.8) is 0 Å². The Kier molecular flexibility index (Phi) is 6.20. The molecule has 1 atom stereocenters. The van der Waals surface area contributed by atoms with Crippen LogP contribution in [-0.4, -0.2) is 35.8 Å². The minimum atomic E-state index is -1.17. The molecule has 0 aliphatic carbocycles. The monoisotopic (exact) mass is 299 g/mol. The molecule has 21 heavy (non-hydrogen) atoms. The Bertz CT molecular complexity index is 415. The molecule has 1 unspecified atom stereocenters. The summed E-state index contributed by atoms with van der Waals surface area (Å²) in [6.45, 7) is 9.17. The Labute approximate surface area is 123 Å². The van der Waals surface area contributed by atoms with Crippen molar-refractivity contribution in [2.45, 2.75) is 46.1 Å². The van der Waals surface area contributed by atoms with Gasteiger partial charge in [0.25, 0.3) is 5.91 Å². The van der Waals surface area contributed by atoms with Crippen LogP contribution in [0.5, 0.6) is 0 Å². The van der Waals surface area contributed by atoms with Gasteiger partial charge in [0, 0.05) is 6.42 Å². The third-order valence-electron chi connectivity index (χ3n) is 2.84. The van der Waals surface area contributed by atoms with Crippen molar-refractivity contribution in [2.75, 3.05) is 6.61 Å². The van der Waals surface area contributed by atoms with E-state index in [4.69, 9.17) is 14.3 Å². The molecule has 0 N–H and O–H groups in total. The van der Waals surface area contributed by atoms with Gasteiger partial charge in [-0.05, 0) is 25.7 Å². The van der Waals surface area contributed by atoms with Crippen molar-refractivity contribution in [3.05, 3.63) is 12.3 Å². The van der Waals surface area contributed by atoms with Crippen LogP contribution in [0.3, 0.4) is 0 Å². The minimum Gasteiger partial charge on any atom is -0.434 e. The van der Waals surface area contributed by atoms with Gasteiger partial charge in [-0.2, -0.15) is 0 Å². The summed E-state index contributed by atoms with van der Waals surface area (Å²) in [4.78, 5) is 39.4. The molecule has 7 nitrogen and oxygen atoms in total. The number of hydrogen-bond acceptors (Lipinski definition) is 6. The Hall–Kier alpha value is -2.05. The first kappa shape index (κ1) is 17.0. The third-order valence-corrected chi connectivity index (χ3v) is 2.84. The van der Waals surface area contributed by atoms with E-state index < -0.39 is 18.2 Å². The van der Waals surface area contributed by atoms with E-state index in [9.17, 15) is 14.4 Å². The Morgan fingerprint density at radius 3 is 2.48 bits per heavy atom. The van der Waals surface area contributed by atoms with Gasteiger partial charge in [-0.25, -0.2) is 9.59 Å². The molecular weight excluding hydrogens is 278 g/mol. The van der Waals surface area contributed by atoms with E-state index in [2.05, 4.69) is 6.58 Å².